The van der Waals surface area contributed by atoms with Crippen molar-refractivity contribution in [3.05, 3.63) is 52.4 Å². The fourth-order valence-corrected chi connectivity index (χ4v) is 3.28. The van der Waals surface area contributed by atoms with Gasteiger partial charge in [0, 0.05) is 11.9 Å². The van der Waals surface area contributed by atoms with Crippen molar-refractivity contribution < 1.29 is 4.79 Å². The smallest absolute Gasteiger partial charge is 0.253 e. The molecule has 2 aromatic heterocycles. The number of carbonyl (C=O) groups is 1. The van der Waals surface area contributed by atoms with Crippen molar-refractivity contribution >= 4 is 40.0 Å². The molecule has 0 fully saturated rings. The van der Waals surface area contributed by atoms with E-state index in [4.69, 9.17) is 17.3 Å². The second kappa shape index (κ2) is 9.37. The van der Waals surface area contributed by atoms with Gasteiger partial charge >= 0.3 is 0 Å². The van der Waals surface area contributed by atoms with Crippen LogP contribution in [-0.4, -0.2) is 27.4 Å². The molecule has 0 aliphatic heterocycles. The molecule has 1 atom stereocenters. The predicted octanol–water partition coefficient (Wildman–Crippen LogP) is 3.84. The number of unbranched alkanes of at least 4 members (excludes halogenated alkanes) is 1. The molecule has 0 bridgehead atoms. The topological polar surface area (TPSA) is 130 Å². The number of para-hydroxylation sites is 1. The molecule has 0 radical (unpaired) electrons. The molecule has 3 aromatic rings. The normalized spacial score (nSPS) is 11.7. The molecule has 3 rings (SSSR count). The number of rotatable bonds is 7. The lowest BCUT2D eigenvalue weighted by Gasteiger charge is -2.19. The summed E-state index contributed by atoms with van der Waals surface area (Å²) in [5.41, 5.74) is 7.43. The molecule has 154 valence electrons. The summed E-state index contributed by atoms with van der Waals surface area (Å²) in [5, 5.41) is 16.7. The van der Waals surface area contributed by atoms with Gasteiger partial charge in [-0.2, -0.15) is 5.26 Å². The van der Waals surface area contributed by atoms with Gasteiger partial charge in [-0.25, -0.2) is 15.0 Å². The number of nitrogen functional groups attached to an aromatic ring is 1. The zero-order valence-corrected chi connectivity index (χ0v) is 17.5. The Hall–Kier alpha value is -3.44. The molecule has 1 aromatic carbocycles. The van der Waals surface area contributed by atoms with Gasteiger partial charge in [0.25, 0.3) is 5.91 Å². The van der Waals surface area contributed by atoms with Crippen molar-refractivity contribution in [1.82, 2.24) is 20.3 Å². The first kappa shape index (κ1) is 21.3. The standard InChI is InChI=1S/C21H22ClN7O/c1-3-4-8-25-21(30)14-9-13-6-5-7-16(22)18(13)29-17(14)12(2)28-20-15(10-23)19(24)26-11-27-20/h5-7,9,11-12H,3-4,8H2,1-2H3,(H,25,30)(H3,24,26,27,28)/t12-/m0/s1. The third kappa shape index (κ3) is 4.42. The maximum atomic E-state index is 12.9. The lowest BCUT2D eigenvalue weighted by atomic mass is 10.0. The average molecular weight is 424 g/mol. The van der Waals surface area contributed by atoms with Gasteiger partial charge in [-0.1, -0.05) is 37.1 Å². The number of nitriles is 1. The zero-order valence-electron chi connectivity index (χ0n) is 16.7. The summed E-state index contributed by atoms with van der Waals surface area (Å²) in [6.07, 6.45) is 3.13. The van der Waals surface area contributed by atoms with E-state index in [-0.39, 0.29) is 23.1 Å². The first-order valence-electron chi connectivity index (χ1n) is 9.60. The first-order chi connectivity index (χ1) is 14.5. The largest absolute Gasteiger partial charge is 0.382 e. The van der Waals surface area contributed by atoms with Gasteiger partial charge in [0.05, 0.1) is 27.8 Å². The second-order valence-electron chi connectivity index (χ2n) is 6.80. The van der Waals surface area contributed by atoms with Crippen LogP contribution in [0.3, 0.4) is 0 Å². The van der Waals surface area contributed by atoms with E-state index in [0.717, 1.165) is 18.2 Å². The van der Waals surface area contributed by atoms with Crippen LogP contribution in [0.5, 0.6) is 0 Å². The summed E-state index contributed by atoms with van der Waals surface area (Å²) in [6.45, 7) is 4.46. The van der Waals surface area contributed by atoms with Crippen LogP contribution in [0.4, 0.5) is 11.6 Å². The van der Waals surface area contributed by atoms with Crippen LogP contribution in [0, 0.1) is 11.3 Å². The van der Waals surface area contributed by atoms with Crippen LogP contribution in [0.2, 0.25) is 5.02 Å². The van der Waals surface area contributed by atoms with Crippen LogP contribution in [-0.2, 0) is 0 Å². The summed E-state index contributed by atoms with van der Waals surface area (Å²) in [4.78, 5) is 25.5. The van der Waals surface area contributed by atoms with E-state index < -0.39 is 6.04 Å². The Bertz CT molecular complexity index is 1130. The maximum absolute atomic E-state index is 12.9. The van der Waals surface area contributed by atoms with E-state index in [1.165, 1.54) is 6.33 Å². The molecule has 1 amide bonds. The molecule has 4 N–H and O–H groups in total. The Labute approximate surface area is 179 Å². The number of nitrogens with one attached hydrogen (secondary N) is 2. The van der Waals surface area contributed by atoms with E-state index in [1.807, 2.05) is 25.1 Å². The number of amides is 1. The number of halogens is 1. The molecule has 0 saturated carbocycles. The molecule has 0 unspecified atom stereocenters. The van der Waals surface area contributed by atoms with Gasteiger partial charge < -0.3 is 16.4 Å². The highest BCUT2D eigenvalue weighted by Crippen LogP contribution is 2.29. The number of carbonyl (C=O) groups excluding carboxylic acids is 1. The summed E-state index contributed by atoms with van der Waals surface area (Å²) in [6, 6.07) is 8.74. The van der Waals surface area contributed by atoms with Gasteiger partial charge in [-0.3, -0.25) is 4.79 Å². The van der Waals surface area contributed by atoms with Crippen molar-refractivity contribution in [1.29, 1.82) is 5.26 Å². The number of nitrogens with two attached hydrogens (primary N) is 1. The molecule has 9 heteroatoms. The second-order valence-corrected chi connectivity index (χ2v) is 7.21. The third-order valence-electron chi connectivity index (χ3n) is 4.64. The summed E-state index contributed by atoms with van der Waals surface area (Å²) >= 11 is 6.33. The Balaban J connectivity index is 2.05. The monoisotopic (exact) mass is 423 g/mol. The number of hydrogen-bond acceptors (Lipinski definition) is 7. The number of fused-ring (bicyclic) bond motifs is 1. The Morgan fingerprint density at radius 2 is 2.17 bits per heavy atom. The van der Waals surface area contributed by atoms with Crippen molar-refractivity contribution in [3.63, 3.8) is 0 Å². The van der Waals surface area contributed by atoms with Crippen LogP contribution < -0.4 is 16.4 Å². The lowest BCUT2D eigenvalue weighted by Crippen LogP contribution is -2.27. The van der Waals surface area contributed by atoms with Crippen LogP contribution in [0.25, 0.3) is 10.9 Å². The van der Waals surface area contributed by atoms with E-state index >= 15 is 0 Å². The van der Waals surface area contributed by atoms with Gasteiger partial charge in [-0.15, -0.1) is 0 Å². The number of benzene rings is 1. The minimum absolute atomic E-state index is 0.0780. The van der Waals surface area contributed by atoms with Gasteiger partial charge in [0.2, 0.25) is 0 Å². The van der Waals surface area contributed by atoms with Crippen molar-refractivity contribution in [3.8, 4) is 6.07 Å². The molecule has 8 nitrogen and oxygen atoms in total. The van der Waals surface area contributed by atoms with Crippen LogP contribution >= 0.6 is 11.6 Å². The summed E-state index contributed by atoms with van der Waals surface area (Å²) < 4.78 is 0. The fraction of sp³-hybridized carbons (Fsp3) is 0.286. The molecule has 0 spiro atoms. The van der Waals surface area contributed by atoms with Crippen molar-refractivity contribution in [2.45, 2.75) is 32.7 Å². The zero-order chi connectivity index (χ0) is 21.7. The first-order valence-corrected chi connectivity index (χ1v) is 9.98. The summed E-state index contributed by atoms with van der Waals surface area (Å²) in [7, 11) is 0. The van der Waals surface area contributed by atoms with Crippen molar-refractivity contribution in [2.75, 3.05) is 17.6 Å². The Morgan fingerprint density at radius 3 is 2.90 bits per heavy atom. The molecule has 0 saturated heterocycles. The van der Waals surface area contributed by atoms with Gasteiger partial charge in [-0.05, 0) is 25.5 Å². The molecule has 30 heavy (non-hydrogen) atoms. The Kier molecular flexibility index (Phi) is 6.65. The van der Waals surface area contributed by atoms with Crippen LogP contribution in [0.15, 0.2) is 30.6 Å². The number of anilines is 2. The third-order valence-corrected chi connectivity index (χ3v) is 4.94. The number of hydrogen-bond donors (Lipinski definition) is 3. The lowest BCUT2D eigenvalue weighted by molar-refractivity contribution is 0.0951. The van der Waals surface area contributed by atoms with Gasteiger partial charge in [0.15, 0.2) is 0 Å². The van der Waals surface area contributed by atoms with Crippen molar-refractivity contribution in [2.24, 2.45) is 0 Å². The van der Waals surface area contributed by atoms with E-state index in [0.29, 0.717) is 28.3 Å². The quantitative estimate of drug-likeness (QED) is 0.492. The van der Waals surface area contributed by atoms with Gasteiger partial charge in [0.1, 0.15) is 29.6 Å². The molecular weight excluding hydrogens is 402 g/mol. The average Bonchev–Trinajstić information content (AvgIpc) is 2.73. The fourth-order valence-electron chi connectivity index (χ4n) is 3.05. The minimum Gasteiger partial charge on any atom is -0.382 e. The number of nitrogens with zero attached hydrogens (tertiary/aromatic N) is 4. The highest BCUT2D eigenvalue weighted by atomic mass is 35.5. The highest BCUT2D eigenvalue weighted by molar-refractivity contribution is 6.35. The molecule has 0 aliphatic rings. The molecule has 2 heterocycles. The van der Waals surface area contributed by atoms with E-state index in [1.54, 1.807) is 12.1 Å². The molecular formula is C21H22ClN7O. The minimum atomic E-state index is -0.459. The van der Waals surface area contributed by atoms with Crippen LogP contribution in [0.1, 0.15) is 54.3 Å². The highest BCUT2D eigenvalue weighted by Gasteiger charge is 2.21. The Morgan fingerprint density at radius 1 is 1.37 bits per heavy atom. The SMILES string of the molecule is CCCCNC(=O)c1cc2cccc(Cl)c2nc1[C@H](C)Nc1ncnc(N)c1C#N. The summed E-state index contributed by atoms with van der Waals surface area (Å²) in [5.74, 6) is 0.134. The molecule has 0 aliphatic carbocycles. The number of aromatic nitrogens is 3. The maximum Gasteiger partial charge on any atom is 0.253 e. The van der Waals surface area contributed by atoms with E-state index in [2.05, 4.69) is 32.5 Å². The predicted molar refractivity (Wildman–Crippen MR) is 117 cm³/mol. The number of pyridine rings is 1. The van der Waals surface area contributed by atoms with E-state index in [9.17, 15) is 10.1 Å².